The van der Waals surface area contributed by atoms with E-state index < -0.39 is 5.91 Å². The highest BCUT2D eigenvalue weighted by Crippen LogP contribution is 2.40. The van der Waals surface area contributed by atoms with Crippen molar-refractivity contribution in [1.29, 1.82) is 0 Å². The van der Waals surface area contributed by atoms with Crippen molar-refractivity contribution in [2.45, 2.75) is 31.9 Å². The molecule has 2 rings (SSSR count). The van der Waals surface area contributed by atoms with Gasteiger partial charge < -0.3 is 26.8 Å². The molecular formula is C13H23N5O2. The van der Waals surface area contributed by atoms with Gasteiger partial charge in [0.25, 0.3) is 5.91 Å². The number of aliphatic imine (C=N–C) groups is 1. The van der Waals surface area contributed by atoms with Crippen molar-refractivity contribution in [3.63, 3.8) is 0 Å². The molecule has 7 heteroatoms. The summed E-state index contributed by atoms with van der Waals surface area (Å²) in [5.41, 5.74) is 17.2. The number of nitrogens with two attached hydrogens (primary N) is 3. The summed E-state index contributed by atoms with van der Waals surface area (Å²) in [5.74, 6) is -0.384. The topological polar surface area (TPSA) is 120 Å². The Morgan fingerprint density at radius 1 is 1.40 bits per heavy atom. The van der Waals surface area contributed by atoms with Gasteiger partial charge in [-0.2, -0.15) is 0 Å². The van der Waals surface area contributed by atoms with Crippen LogP contribution in [0.1, 0.15) is 19.8 Å². The number of carbonyl (C=O) groups is 1. The van der Waals surface area contributed by atoms with E-state index in [1.807, 2.05) is 11.8 Å². The number of hydrogen-bond donors (Lipinski definition) is 3. The average Bonchev–Trinajstić information content (AvgIpc) is 2.68. The standard InChI is InChI=1S/C13H23N5O2/c1-8(11(15)19)17-12(16)18-5-3-13(4-6-18)7-20-9(2)10(13)14/h9-10H,1,3-7,14H2,2H3,(H2,15,19)(H2,16,17)/t9-,10+/m0/s1. The van der Waals surface area contributed by atoms with E-state index in [0.29, 0.717) is 6.61 Å². The molecule has 2 atom stereocenters. The van der Waals surface area contributed by atoms with Crippen LogP contribution in [0.5, 0.6) is 0 Å². The quantitative estimate of drug-likeness (QED) is 0.345. The van der Waals surface area contributed by atoms with E-state index in [2.05, 4.69) is 11.6 Å². The van der Waals surface area contributed by atoms with Crippen molar-refractivity contribution in [1.82, 2.24) is 4.90 Å². The predicted molar refractivity (Wildman–Crippen MR) is 76.6 cm³/mol. The van der Waals surface area contributed by atoms with Crippen LogP contribution in [0.3, 0.4) is 0 Å². The maximum absolute atomic E-state index is 10.9. The second-order valence-corrected chi connectivity index (χ2v) is 5.67. The Hall–Kier alpha value is -1.60. The molecule has 0 aromatic carbocycles. The SMILES string of the molecule is C=C(N=C(N)N1CCC2(CC1)CO[C@@H](C)[C@H]2N)C(N)=O. The first-order chi connectivity index (χ1) is 9.35. The maximum Gasteiger partial charge on any atom is 0.266 e. The molecule has 2 aliphatic rings. The van der Waals surface area contributed by atoms with Crippen LogP contribution in [0.15, 0.2) is 17.3 Å². The summed E-state index contributed by atoms with van der Waals surface area (Å²) in [6.07, 6.45) is 1.90. The molecule has 2 heterocycles. The molecule has 0 saturated carbocycles. The minimum absolute atomic E-state index is 0.0303. The zero-order chi connectivity index (χ0) is 14.9. The Kier molecular flexibility index (Phi) is 4.01. The van der Waals surface area contributed by atoms with E-state index >= 15 is 0 Å². The number of amides is 1. The fourth-order valence-electron chi connectivity index (χ4n) is 2.92. The molecule has 0 unspecified atom stereocenters. The largest absolute Gasteiger partial charge is 0.376 e. The average molecular weight is 281 g/mol. The van der Waals surface area contributed by atoms with Crippen LogP contribution in [0, 0.1) is 5.41 Å². The molecule has 0 aromatic rings. The number of rotatable bonds is 2. The first kappa shape index (κ1) is 14.8. The van der Waals surface area contributed by atoms with Crippen LogP contribution < -0.4 is 17.2 Å². The number of nitrogens with zero attached hydrogens (tertiary/aromatic N) is 2. The highest BCUT2D eigenvalue weighted by molar-refractivity contribution is 5.94. The molecule has 1 amide bonds. The molecule has 1 spiro atoms. The molecule has 112 valence electrons. The first-order valence-corrected chi connectivity index (χ1v) is 6.81. The van der Waals surface area contributed by atoms with Gasteiger partial charge >= 0.3 is 0 Å². The molecule has 0 aliphatic carbocycles. The second-order valence-electron chi connectivity index (χ2n) is 5.67. The molecule has 0 aromatic heterocycles. The number of ether oxygens (including phenoxy) is 1. The van der Waals surface area contributed by atoms with E-state index in [-0.39, 0.29) is 29.2 Å². The van der Waals surface area contributed by atoms with Gasteiger partial charge in [-0.3, -0.25) is 4.79 Å². The zero-order valence-corrected chi connectivity index (χ0v) is 11.8. The molecule has 0 bridgehead atoms. The minimum atomic E-state index is -0.665. The summed E-state index contributed by atoms with van der Waals surface area (Å²) in [6.45, 7) is 7.67. The lowest BCUT2D eigenvalue weighted by Crippen LogP contribution is -2.53. The van der Waals surface area contributed by atoms with Crippen LogP contribution in [0.4, 0.5) is 0 Å². The third-order valence-electron chi connectivity index (χ3n) is 4.46. The molecule has 2 aliphatic heterocycles. The number of primary amides is 1. The van der Waals surface area contributed by atoms with Gasteiger partial charge in [0.15, 0.2) is 5.96 Å². The van der Waals surface area contributed by atoms with Crippen LogP contribution in [0.25, 0.3) is 0 Å². The Bertz CT molecular complexity index is 440. The lowest BCUT2D eigenvalue weighted by Gasteiger charge is -2.41. The summed E-state index contributed by atoms with van der Waals surface area (Å²) < 4.78 is 5.67. The molecule has 7 nitrogen and oxygen atoms in total. The molecular weight excluding hydrogens is 258 g/mol. The van der Waals surface area contributed by atoms with E-state index in [1.165, 1.54) is 0 Å². The van der Waals surface area contributed by atoms with Crippen molar-refractivity contribution in [3.8, 4) is 0 Å². The normalized spacial score (nSPS) is 29.7. The van der Waals surface area contributed by atoms with Crippen LogP contribution in [0.2, 0.25) is 0 Å². The number of hydrogen-bond acceptors (Lipinski definition) is 4. The Morgan fingerprint density at radius 2 is 2.00 bits per heavy atom. The number of likely N-dealkylation sites (tertiary alicyclic amines) is 1. The van der Waals surface area contributed by atoms with Gasteiger partial charge in [-0.25, -0.2) is 4.99 Å². The molecule has 6 N–H and O–H groups in total. The van der Waals surface area contributed by atoms with Gasteiger partial charge in [0.05, 0.1) is 12.7 Å². The lowest BCUT2D eigenvalue weighted by molar-refractivity contribution is -0.114. The van der Waals surface area contributed by atoms with Gasteiger partial charge in [0.1, 0.15) is 5.70 Å². The predicted octanol–water partition coefficient (Wildman–Crippen LogP) is -0.872. The smallest absolute Gasteiger partial charge is 0.266 e. The molecule has 0 radical (unpaired) electrons. The molecule has 2 fully saturated rings. The van der Waals surface area contributed by atoms with E-state index in [9.17, 15) is 4.79 Å². The van der Waals surface area contributed by atoms with Crippen LogP contribution in [-0.2, 0) is 9.53 Å². The van der Waals surface area contributed by atoms with Crippen molar-refractivity contribution >= 4 is 11.9 Å². The van der Waals surface area contributed by atoms with E-state index in [0.717, 1.165) is 25.9 Å². The Balaban J connectivity index is 1.98. The van der Waals surface area contributed by atoms with Crippen molar-refractivity contribution in [3.05, 3.63) is 12.3 Å². The number of carbonyl (C=O) groups excluding carboxylic acids is 1. The second kappa shape index (κ2) is 5.41. The molecule has 2 saturated heterocycles. The van der Waals surface area contributed by atoms with Crippen molar-refractivity contribution < 1.29 is 9.53 Å². The highest BCUT2D eigenvalue weighted by Gasteiger charge is 2.47. The summed E-state index contributed by atoms with van der Waals surface area (Å²) >= 11 is 0. The van der Waals surface area contributed by atoms with Gasteiger partial charge in [0.2, 0.25) is 0 Å². The molecule has 20 heavy (non-hydrogen) atoms. The zero-order valence-electron chi connectivity index (χ0n) is 11.8. The monoisotopic (exact) mass is 281 g/mol. The van der Waals surface area contributed by atoms with Gasteiger partial charge in [-0.1, -0.05) is 6.58 Å². The highest BCUT2D eigenvalue weighted by atomic mass is 16.5. The van der Waals surface area contributed by atoms with E-state index in [4.69, 9.17) is 21.9 Å². The van der Waals surface area contributed by atoms with Crippen LogP contribution in [-0.4, -0.2) is 48.6 Å². The fourth-order valence-corrected chi connectivity index (χ4v) is 2.92. The fraction of sp³-hybridized carbons (Fsp3) is 0.692. The third kappa shape index (κ3) is 2.64. The summed E-state index contributed by atoms with van der Waals surface area (Å²) in [4.78, 5) is 16.8. The third-order valence-corrected chi connectivity index (χ3v) is 4.46. The Morgan fingerprint density at radius 3 is 2.45 bits per heavy atom. The van der Waals surface area contributed by atoms with Gasteiger partial charge in [-0.15, -0.1) is 0 Å². The van der Waals surface area contributed by atoms with Gasteiger partial charge in [-0.05, 0) is 19.8 Å². The van der Waals surface area contributed by atoms with Crippen molar-refractivity contribution in [2.75, 3.05) is 19.7 Å². The van der Waals surface area contributed by atoms with Crippen molar-refractivity contribution in [2.24, 2.45) is 27.6 Å². The van der Waals surface area contributed by atoms with Gasteiger partial charge in [0, 0.05) is 24.5 Å². The number of guanidine groups is 1. The Labute approximate surface area is 118 Å². The summed E-state index contributed by atoms with van der Waals surface area (Å²) in [7, 11) is 0. The maximum atomic E-state index is 10.9. The summed E-state index contributed by atoms with van der Waals surface area (Å²) in [6, 6.07) is 0.0587. The van der Waals surface area contributed by atoms with E-state index in [1.54, 1.807) is 0 Å². The first-order valence-electron chi connectivity index (χ1n) is 6.81. The summed E-state index contributed by atoms with van der Waals surface area (Å²) in [5, 5.41) is 0. The lowest BCUT2D eigenvalue weighted by atomic mass is 9.73. The minimum Gasteiger partial charge on any atom is -0.376 e. The van der Waals surface area contributed by atoms with Crippen LogP contribution >= 0.6 is 0 Å². The number of piperidine rings is 1.